The van der Waals surface area contributed by atoms with Crippen molar-refractivity contribution in [2.24, 2.45) is 0 Å². The Morgan fingerprint density at radius 2 is 1.68 bits per heavy atom. The Labute approximate surface area is 182 Å². The average molecular weight is 440 g/mol. The Hall–Kier alpha value is -3.17. The molecule has 0 amide bonds. The number of nitrogens with zero attached hydrogens (tertiary/aromatic N) is 4. The largest absolute Gasteiger partial charge is 0.497 e. The van der Waals surface area contributed by atoms with Crippen LogP contribution >= 0.6 is 0 Å². The predicted molar refractivity (Wildman–Crippen MR) is 120 cm³/mol. The topological polar surface area (TPSA) is 87.7 Å². The lowest BCUT2D eigenvalue weighted by Gasteiger charge is -2.36. The van der Waals surface area contributed by atoms with Crippen molar-refractivity contribution in [1.29, 1.82) is 0 Å². The normalized spacial score (nSPS) is 14.9. The summed E-state index contributed by atoms with van der Waals surface area (Å²) in [6.45, 7) is 4.58. The molecule has 8 nitrogen and oxygen atoms in total. The Morgan fingerprint density at radius 1 is 0.968 bits per heavy atom. The van der Waals surface area contributed by atoms with Crippen LogP contribution in [0.4, 0.5) is 11.5 Å². The summed E-state index contributed by atoms with van der Waals surface area (Å²) in [6, 6.07) is 16.6. The van der Waals surface area contributed by atoms with Gasteiger partial charge in [0.2, 0.25) is 0 Å². The molecule has 2 aromatic carbocycles. The molecule has 0 bridgehead atoms. The molecule has 3 aromatic rings. The summed E-state index contributed by atoms with van der Waals surface area (Å²) in [4.78, 5) is 12.6. The highest BCUT2D eigenvalue weighted by atomic mass is 32.2. The first-order valence-corrected chi connectivity index (χ1v) is 11.5. The minimum absolute atomic E-state index is 0.202. The third-order valence-corrected chi connectivity index (χ3v) is 6.64. The molecule has 1 saturated heterocycles. The molecule has 2 heterocycles. The predicted octanol–water partition coefficient (Wildman–Crippen LogP) is 2.61. The zero-order valence-corrected chi connectivity index (χ0v) is 18.1. The Bertz CT molecular complexity index is 1080. The molecule has 1 aliphatic rings. The van der Waals surface area contributed by atoms with Gasteiger partial charge in [0.1, 0.15) is 17.9 Å². The second-order valence-corrected chi connectivity index (χ2v) is 8.99. The highest BCUT2D eigenvalue weighted by Crippen LogP contribution is 2.22. The SMILES string of the molecule is COc1ccc(CN2CCN(c3ccc(S(=O)(=O)Nc4ccncn4)cc3)CC2)cc1. The second-order valence-electron chi connectivity index (χ2n) is 7.31. The lowest BCUT2D eigenvalue weighted by molar-refractivity contribution is 0.250. The number of sulfonamides is 1. The van der Waals surface area contributed by atoms with Gasteiger partial charge in [-0.3, -0.25) is 9.62 Å². The second kappa shape index (κ2) is 9.32. The molecule has 0 unspecified atom stereocenters. The number of benzene rings is 2. The number of methoxy groups -OCH3 is 1. The number of anilines is 2. The lowest BCUT2D eigenvalue weighted by Crippen LogP contribution is -2.45. The number of hydrogen-bond acceptors (Lipinski definition) is 7. The van der Waals surface area contributed by atoms with E-state index in [0.29, 0.717) is 0 Å². The van der Waals surface area contributed by atoms with Gasteiger partial charge in [-0.05, 0) is 48.0 Å². The van der Waals surface area contributed by atoms with Crippen LogP contribution in [0.25, 0.3) is 0 Å². The van der Waals surface area contributed by atoms with E-state index < -0.39 is 10.0 Å². The summed E-state index contributed by atoms with van der Waals surface area (Å²) in [7, 11) is -2.01. The first-order valence-electron chi connectivity index (χ1n) is 10.0. The molecule has 1 aliphatic heterocycles. The van der Waals surface area contributed by atoms with Crippen LogP contribution in [-0.2, 0) is 16.6 Å². The Balaban J connectivity index is 1.33. The summed E-state index contributed by atoms with van der Waals surface area (Å²) in [5.74, 6) is 1.11. The average Bonchev–Trinajstić information content (AvgIpc) is 2.81. The molecule has 0 saturated carbocycles. The van der Waals surface area contributed by atoms with Crippen LogP contribution in [0, 0.1) is 0 Å². The molecule has 0 spiro atoms. The zero-order chi connectivity index (χ0) is 21.7. The maximum Gasteiger partial charge on any atom is 0.263 e. The van der Waals surface area contributed by atoms with Crippen LogP contribution in [-0.4, -0.2) is 56.6 Å². The van der Waals surface area contributed by atoms with Crippen LogP contribution < -0.4 is 14.4 Å². The van der Waals surface area contributed by atoms with E-state index in [1.54, 1.807) is 19.2 Å². The molecule has 4 rings (SSSR count). The highest BCUT2D eigenvalue weighted by Gasteiger charge is 2.19. The number of rotatable bonds is 7. The van der Waals surface area contributed by atoms with Gasteiger partial charge in [-0.1, -0.05) is 12.1 Å². The monoisotopic (exact) mass is 439 g/mol. The number of piperazine rings is 1. The maximum absolute atomic E-state index is 12.5. The van der Waals surface area contributed by atoms with Crippen molar-refractivity contribution in [2.45, 2.75) is 11.4 Å². The molecule has 162 valence electrons. The van der Waals surface area contributed by atoms with Crippen molar-refractivity contribution in [3.63, 3.8) is 0 Å². The van der Waals surface area contributed by atoms with Crippen LogP contribution in [0.5, 0.6) is 5.75 Å². The van der Waals surface area contributed by atoms with Gasteiger partial charge in [0, 0.05) is 44.6 Å². The van der Waals surface area contributed by atoms with E-state index in [0.717, 1.165) is 44.2 Å². The van der Waals surface area contributed by atoms with Gasteiger partial charge >= 0.3 is 0 Å². The minimum Gasteiger partial charge on any atom is -0.497 e. The van der Waals surface area contributed by atoms with Crippen molar-refractivity contribution >= 4 is 21.5 Å². The Morgan fingerprint density at radius 3 is 2.29 bits per heavy atom. The molecular formula is C22H25N5O3S. The first kappa shape index (κ1) is 21.1. The summed E-state index contributed by atoms with van der Waals surface area (Å²) in [6.07, 6.45) is 2.79. The van der Waals surface area contributed by atoms with Gasteiger partial charge in [0.25, 0.3) is 10.0 Å². The van der Waals surface area contributed by atoms with E-state index in [9.17, 15) is 8.42 Å². The fraction of sp³-hybridized carbons (Fsp3) is 0.273. The molecule has 0 radical (unpaired) electrons. The van der Waals surface area contributed by atoms with Gasteiger partial charge in [0.05, 0.1) is 12.0 Å². The molecule has 0 aliphatic carbocycles. The van der Waals surface area contributed by atoms with Gasteiger partial charge in [-0.25, -0.2) is 18.4 Å². The highest BCUT2D eigenvalue weighted by molar-refractivity contribution is 7.92. The summed E-state index contributed by atoms with van der Waals surface area (Å²) in [5, 5.41) is 0. The number of nitrogens with one attached hydrogen (secondary N) is 1. The number of ether oxygens (including phenoxy) is 1. The van der Waals surface area contributed by atoms with E-state index in [1.165, 1.54) is 24.2 Å². The molecular weight excluding hydrogens is 414 g/mol. The van der Waals surface area contributed by atoms with E-state index >= 15 is 0 Å². The van der Waals surface area contributed by atoms with Crippen LogP contribution in [0.15, 0.2) is 72.0 Å². The maximum atomic E-state index is 12.5. The van der Waals surface area contributed by atoms with E-state index in [1.807, 2.05) is 24.3 Å². The van der Waals surface area contributed by atoms with Crippen molar-refractivity contribution in [2.75, 3.05) is 42.9 Å². The van der Waals surface area contributed by atoms with Gasteiger partial charge in [-0.15, -0.1) is 0 Å². The van der Waals surface area contributed by atoms with Crippen molar-refractivity contribution < 1.29 is 13.2 Å². The van der Waals surface area contributed by atoms with Crippen LogP contribution in [0.2, 0.25) is 0 Å². The van der Waals surface area contributed by atoms with Crippen LogP contribution in [0.3, 0.4) is 0 Å². The third-order valence-electron chi connectivity index (χ3n) is 5.27. The van der Waals surface area contributed by atoms with E-state index in [4.69, 9.17) is 4.74 Å². The smallest absolute Gasteiger partial charge is 0.263 e. The third kappa shape index (κ3) is 5.31. The van der Waals surface area contributed by atoms with Gasteiger partial charge in [-0.2, -0.15) is 0 Å². The van der Waals surface area contributed by atoms with E-state index in [2.05, 4.69) is 36.6 Å². The standard InChI is InChI=1S/C22H25N5O3S/c1-30-20-6-2-18(3-7-20)16-26-12-14-27(15-13-26)19-4-8-21(9-5-19)31(28,29)25-22-10-11-23-17-24-22/h2-11,17H,12-16H2,1H3,(H,23,24,25). The van der Waals surface area contributed by atoms with E-state index in [-0.39, 0.29) is 10.7 Å². The first-order chi connectivity index (χ1) is 15.0. The van der Waals surface area contributed by atoms with Crippen molar-refractivity contribution in [1.82, 2.24) is 14.9 Å². The summed E-state index contributed by atoms with van der Waals surface area (Å²) < 4.78 is 32.8. The van der Waals surface area contributed by atoms with Gasteiger partial charge in [0.15, 0.2) is 0 Å². The molecule has 0 atom stereocenters. The zero-order valence-electron chi connectivity index (χ0n) is 17.3. The number of aromatic nitrogens is 2. The molecule has 1 N–H and O–H groups in total. The molecule has 1 aromatic heterocycles. The summed E-state index contributed by atoms with van der Waals surface area (Å²) >= 11 is 0. The molecule has 1 fully saturated rings. The van der Waals surface area contributed by atoms with Gasteiger partial charge < -0.3 is 9.64 Å². The molecule has 9 heteroatoms. The molecule has 31 heavy (non-hydrogen) atoms. The quantitative estimate of drug-likeness (QED) is 0.605. The Kier molecular flexibility index (Phi) is 6.34. The fourth-order valence-corrected chi connectivity index (χ4v) is 4.55. The fourth-order valence-electron chi connectivity index (χ4n) is 3.54. The van der Waals surface area contributed by atoms with Crippen LogP contribution in [0.1, 0.15) is 5.56 Å². The van der Waals surface area contributed by atoms with Crippen molar-refractivity contribution in [3.05, 3.63) is 72.7 Å². The number of hydrogen-bond donors (Lipinski definition) is 1. The minimum atomic E-state index is -3.69. The van der Waals surface area contributed by atoms with Crippen molar-refractivity contribution in [3.8, 4) is 5.75 Å². The summed E-state index contributed by atoms with van der Waals surface area (Å²) in [5.41, 5.74) is 2.28. The lowest BCUT2D eigenvalue weighted by atomic mass is 10.2.